The van der Waals surface area contributed by atoms with Crippen LogP contribution in [0.5, 0.6) is 0 Å². The minimum Gasteiger partial charge on any atom is -0.370 e. The Morgan fingerprint density at radius 2 is 2.10 bits per heavy atom. The molecule has 0 unspecified atom stereocenters. The highest BCUT2D eigenvalue weighted by molar-refractivity contribution is 5.89. The molecule has 2 amide bonds. The number of carbonyl (C=O) groups excluding carboxylic acids is 1. The molecule has 0 aliphatic rings. The second-order valence-corrected chi connectivity index (χ2v) is 5.27. The monoisotopic (exact) mass is 279 g/mol. The van der Waals surface area contributed by atoms with Crippen molar-refractivity contribution in [3.63, 3.8) is 0 Å². The van der Waals surface area contributed by atoms with Crippen LogP contribution < -0.4 is 16.0 Å². The topological polar surface area (TPSA) is 69.3 Å². The Morgan fingerprint density at radius 1 is 1.35 bits per heavy atom. The summed E-state index contributed by atoms with van der Waals surface area (Å²) in [5.41, 5.74) is 0.682. The maximum absolute atomic E-state index is 11.5. The molecule has 0 fully saturated rings. The molecule has 1 aromatic heterocycles. The minimum atomic E-state index is -0.214. The molecule has 6 nitrogen and oxygen atoms in total. The second kappa shape index (κ2) is 8.37. The van der Waals surface area contributed by atoms with Crippen LogP contribution in [-0.4, -0.2) is 49.1 Å². The lowest BCUT2D eigenvalue weighted by atomic mass is 10.3. The predicted octanol–water partition coefficient (Wildman–Crippen LogP) is 1.98. The van der Waals surface area contributed by atoms with Crippen molar-refractivity contribution >= 4 is 17.5 Å². The van der Waals surface area contributed by atoms with E-state index in [-0.39, 0.29) is 12.1 Å². The van der Waals surface area contributed by atoms with Crippen molar-refractivity contribution in [2.45, 2.75) is 26.3 Å². The van der Waals surface area contributed by atoms with Gasteiger partial charge in [-0.2, -0.15) is 0 Å². The van der Waals surface area contributed by atoms with E-state index >= 15 is 0 Å². The number of urea groups is 1. The molecule has 0 saturated carbocycles. The van der Waals surface area contributed by atoms with E-state index in [1.54, 1.807) is 6.20 Å². The predicted molar refractivity (Wildman–Crippen MR) is 83.2 cm³/mol. The van der Waals surface area contributed by atoms with Gasteiger partial charge in [0, 0.05) is 12.6 Å². The molecule has 0 bridgehead atoms. The Kier molecular flexibility index (Phi) is 6.79. The van der Waals surface area contributed by atoms with Gasteiger partial charge in [-0.15, -0.1) is 0 Å². The van der Waals surface area contributed by atoms with Crippen LogP contribution in [0.2, 0.25) is 0 Å². The van der Waals surface area contributed by atoms with Gasteiger partial charge < -0.3 is 20.9 Å². The standard InChI is InChI=1S/C14H25N5O/c1-11(2)17-14(20)18-12-6-7-13(16-10-12)15-8-5-9-19(3)4/h6-7,10-11H,5,8-9H2,1-4H3,(H,15,16)(H2,17,18,20). The minimum absolute atomic E-state index is 0.112. The van der Waals surface area contributed by atoms with Crippen LogP contribution in [0, 0.1) is 0 Å². The van der Waals surface area contributed by atoms with Gasteiger partial charge >= 0.3 is 6.03 Å². The molecular formula is C14H25N5O. The molecule has 0 aliphatic heterocycles. The number of carbonyl (C=O) groups is 1. The van der Waals surface area contributed by atoms with E-state index in [0.29, 0.717) is 5.69 Å². The van der Waals surface area contributed by atoms with E-state index in [1.807, 2.05) is 26.0 Å². The molecule has 6 heteroatoms. The fraction of sp³-hybridized carbons (Fsp3) is 0.571. The van der Waals surface area contributed by atoms with Crippen molar-refractivity contribution in [3.05, 3.63) is 18.3 Å². The van der Waals surface area contributed by atoms with Gasteiger partial charge in [-0.3, -0.25) is 0 Å². The maximum Gasteiger partial charge on any atom is 0.319 e. The lowest BCUT2D eigenvalue weighted by Crippen LogP contribution is -2.34. The fourth-order valence-electron chi connectivity index (χ4n) is 1.61. The molecule has 0 aliphatic carbocycles. The number of anilines is 2. The molecule has 1 aromatic rings. The van der Waals surface area contributed by atoms with E-state index in [0.717, 1.165) is 25.3 Å². The van der Waals surface area contributed by atoms with Gasteiger partial charge in [0.05, 0.1) is 11.9 Å². The summed E-state index contributed by atoms with van der Waals surface area (Å²) in [4.78, 5) is 17.9. The van der Waals surface area contributed by atoms with Crippen molar-refractivity contribution < 1.29 is 4.79 Å². The number of hydrogen-bond acceptors (Lipinski definition) is 4. The molecule has 0 radical (unpaired) electrons. The van der Waals surface area contributed by atoms with Gasteiger partial charge in [-0.25, -0.2) is 9.78 Å². The summed E-state index contributed by atoms with van der Waals surface area (Å²) in [6, 6.07) is 3.59. The van der Waals surface area contributed by atoms with Crippen molar-refractivity contribution in [2.24, 2.45) is 0 Å². The average Bonchev–Trinajstić information content (AvgIpc) is 2.35. The van der Waals surface area contributed by atoms with Crippen molar-refractivity contribution in [2.75, 3.05) is 37.8 Å². The van der Waals surface area contributed by atoms with Crippen molar-refractivity contribution in [1.82, 2.24) is 15.2 Å². The van der Waals surface area contributed by atoms with Gasteiger partial charge in [0.25, 0.3) is 0 Å². The number of nitrogens with zero attached hydrogens (tertiary/aromatic N) is 2. The van der Waals surface area contributed by atoms with Crippen LogP contribution in [0.3, 0.4) is 0 Å². The Hall–Kier alpha value is -1.82. The van der Waals surface area contributed by atoms with Crippen LogP contribution in [-0.2, 0) is 0 Å². The zero-order valence-corrected chi connectivity index (χ0v) is 12.7. The largest absolute Gasteiger partial charge is 0.370 e. The number of aromatic nitrogens is 1. The van der Waals surface area contributed by atoms with Crippen molar-refractivity contribution in [3.8, 4) is 0 Å². The van der Waals surface area contributed by atoms with Gasteiger partial charge in [0.2, 0.25) is 0 Å². The molecule has 3 N–H and O–H groups in total. The van der Waals surface area contributed by atoms with Crippen LogP contribution in [0.25, 0.3) is 0 Å². The first-order valence-electron chi connectivity index (χ1n) is 6.89. The summed E-state index contributed by atoms with van der Waals surface area (Å²) in [5, 5.41) is 8.74. The van der Waals surface area contributed by atoms with E-state index in [4.69, 9.17) is 0 Å². The molecule has 112 valence electrons. The molecule has 0 atom stereocenters. The number of rotatable bonds is 7. The van der Waals surface area contributed by atoms with Gasteiger partial charge in [-0.05, 0) is 53.0 Å². The molecule has 1 heterocycles. The summed E-state index contributed by atoms with van der Waals surface area (Å²) in [5.74, 6) is 0.818. The summed E-state index contributed by atoms with van der Waals surface area (Å²) >= 11 is 0. The lowest BCUT2D eigenvalue weighted by molar-refractivity contribution is 0.250. The maximum atomic E-state index is 11.5. The zero-order valence-electron chi connectivity index (χ0n) is 12.7. The number of amides is 2. The molecule has 0 saturated heterocycles. The third-order valence-electron chi connectivity index (χ3n) is 2.53. The highest BCUT2D eigenvalue weighted by Crippen LogP contribution is 2.09. The highest BCUT2D eigenvalue weighted by atomic mass is 16.2. The van der Waals surface area contributed by atoms with Crippen LogP contribution in [0.15, 0.2) is 18.3 Å². The summed E-state index contributed by atoms with van der Waals surface area (Å²) in [6.45, 7) is 5.75. The van der Waals surface area contributed by atoms with Crippen LogP contribution in [0.1, 0.15) is 20.3 Å². The van der Waals surface area contributed by atoms with Gasteiger partial charge in [-0.1, -0.05) is 0 Å². The highest BCUT2D eigenvalue weighted by Gasteiger charge is 2.03. The Balaban J connectivity index is 2.34. The Labute approximate surface area is 121 Å². The van der Waals surface area contributed by atoms with Gasteiger partial charge in [0.1, 0.15) is 5.82 Å². The lowest BCUT2D eigenvalue weighted by Gasteiger charge is -2.11. The quantitative estimate of drug-likeness (QED) is 0.668. The summed E-state index contributed by atoms with van der Waals surface area (Å²) in [6.07, 6.45) is 2.71. The van der Waals surface area contributed by atoms with Crippen molar-refractivity contribution in [1.29, 1.82) is 0 Å². The van der Waals surface area contributed by atoms with Crippen LogP contribution >= 0.6 is 0 Å². The first-order valence-corrected chi connectivity index (χ1v) is 6.89. The SMILES string of the molecule is CC(C)NC(=O)Nc1ccc(NCCCN(C)C)nc1. The molecular weight excluding hydrogens is 254 g/mol. The first-order chi connectivity index (χ1) is 9.47. The number of hydrogen-bond donors (Lipinski definition) is 3. The fourth-order valence-corrected chi connectivity index (χ4v) is 1.61. The first kappa shape index (κ1) is 16.2. The van der Waals surface area contributed by atoms with Gasteiger partial charge in [0.15, 0.2) is 0 Å². The third-order valence-corrected chi connectivity index (χ3v) is 2.53. The molecule has 0 spiro atoms. The normalized spacial score (nSPS) is 10.7. The second-order valence-electron chi connectivity index (χ2n) is 5.27. The summed E-state index contributed by atoms with van der Waals surface area (Å²) < 4.78 is 0. The number of pyridine rings is 1. The van der Waals surface area contributed by atoms with E-state index in [1.165, 1.54) is 0 Å². The van der Waals surface area contributed by atoms with Crippen LogP contribution in [0.4, 0.5) is 16.3 Å². The number of nitrogens with one attached hydrogen (secondary N) is 3. The Morgan fingerprint density at radius 3 is 2.65 bits per heavy atom. The molecule has 20 heavy (non-hydrogen) atoms. The molecule has 1 rings (SSSR count). The van der Waals surface area contributed by atoms with E-state index in [2.05, 4.69) is 39.9 Å². The third kappa shape index (κ3) is 6.94. The average molecular weight is 279 g/mol. The molecule has 0 aromatic carbocycles. The van der Waals surface area contributed by atoms with E-state index in [9.17, 15) is 4.79 Å². The summed E-state index contributed by atoms with van der Waals surface area (Å²) in [7, 11) is 4.11. The van der Waals surface area contributed by atoms with E-state index < -0.39 is 0 Å². The smallest absolute Gasteiger partial charge is 0.319 e. The zero-order chi connectivity index (χ0) is 15.0. The Bertz CT molecular complexity index is 403.